The second-order valence-corrected chi connectivity index (χ2v) is 8.06. The minimum absolute atomic E-state index is 0.150. The number of morpholine rings is 1. The first-order chi connectivity index (χ1) is 12.1. The summed E-state index contributed by atoms with van der Waals surface area (Å²) in [4.78, 5) is 5.07. The molecule has 140 valence electrons. The Balaban J connectivity index is 1.26. The first-order valence-electron chi connectivity index (χ1n) is 9.81. The zero-order chi connectivity index (χ0) is 17.3. The van der Waals surface area contributed by atoms with Crippen LogP contribution in [0.15, 0.2) is 6.20 Å². The van der Waals surface area contributed by atoms with Crippen LogP contribution in [0.1, 0.15) is 36.9 Å². The van der Waals surface area contributed by atoms with Crippen molar-refractivity contribution in [2.75, 3.05) is 45.9 Å². The smallest absolute Gasteiger partial charge is 0.0712 e. The Morgan fingerprint density at radius 3 is 2.56 bits per heavy atom. The molecule has 0 radical (unpaired) electrons. The van der Waals surface area contributed by atoms with Crippen LogP contribution in [-0.4, -0.2) is 77.2 Å². The second-order valence-electron chi connectivity index (χ2n) is 8.06. The van der Waals surface area contributed by atoms with Gasteiger partial charge in [0.05, 0.1) is 30.6 Å². The summed E-state index contributed by atoms with van der Waals surface area (Å²) in [7, 11) is 2.00. The first-order valence-corrected chi connectivity index (χ1v) is 9.81. The zero-order valence-corrected chi connectivity index (χ0v) is 15.7. The summed E-state index contributed by atoms with van der Waals surface area (Å²) in [5, 5.41) is 4.46. The standard InChI is InChI=1S/C19H32N4O2/c1-16-17(13-21(2)20-16)14-22-7-5-19(6-8-22)4-3-18(25-19)15-23-9-11-24-12-10-23/h13,18H,3-12,14-15H2,1-2H3. The van der Waals surface area contributed by atoms with Crippen LogP contribution in [0.25, 0.3) is 0 Å². The lowest BCUT2D eigenvalue weighted by atomic mass is 9.88. The third-order valence-corrected chi connectivity index (χ3v) is 6.18. The largest absolute Gasteiger partial charge is 0.379 e. The Labute approximate surface area is 151 Å². The van der Waals surface area contributed by atoms with Gasteiger partial charge in [-0.2, -0.15) is 5.10 Å². The van der Waals surface area contributed by atoms with E-state index in [0.717, 1.165) is 58.2 Å². The molecule has 3 aliphatic rings. The molecule has 3 fully saturated rings. The molecule has 1 unspecified atom stereocenters. The Kier molecular flexibility index (Phi) is 5.13. The van der Waals surface area contributed by atoms with Gasteiger partial charge in [0.1, 0.15) is 0 Å². The van der Waals surface area contributed by atoms with Crippen LogP contribution in [0.4, 0.5) is 0 Å². The number of aromatic nitrogens is 2. The van der Waals surface area contributed by atoms with Crippen LogP contribution >= 0.6 is 0 Å². The Bertz CT molecular complexity index is 574. The number of hydrogen-bond donors (Lipinski definition) is 0. The minimum atomic E-state index is 0.150. The summed E-state index contributed by atoms with van der Waals surface area (Å²) in [5.74, 6) is 0. The molecular weight excluding hydrogens is 316 g/mol. The molecule has 0 amide bonds. The maximum absolute atomic E-state index is 6.59. The number of ether oxygens (including phenoxy) is 2. The van der Waals surface area contributed by atoms with Crippen LogP contribution in [0.3, 0.4) is 0 Å². The number of nitrogens with zero attached hydrogens (tertiary/aromatic N) is 4. The van der Waals surface area contributed by atoms with Gasteiger partial charge >= 0.3 is 0 Å². The molecule has 4 rings (SSSR count). The van der Waals surface area contributed by atoms with Crippen molar-refractivity contribution >= 4 is 0 Å². The fourth-order valence-electron chi connectivity index (χ4n) is 4.63. The van der Waals surface area contributed by atoms with Gasteiger partial charge in [0, 0.05) is 58.1 Å². The summed E-state index contributed by atoms with van der Waals surface area (Å²) >= 11 is 0. The molecule has 1 atom stereocenters. The SMILES string of the molecule is Cc1nn(C)cc1CN1CCC2(CCC(CN3CCOCC3)O2)CC1. The molecule has 6 nitrogen and oxygen atoms in total. The lowest BCUT2D eigenvalue weighted by molar-refractivity contribution is -0.0898. The molecule has 1 aromatic heterocycles. The van der Waals surface area contributed by atoms with E-state index in [1.54, 1.807) is 0 Å². The van der Waals surface area contributed by atoms with Crippen molar-refractivity contribution in [3.05, 3.63) is 17.5 Å². The minimum Gasteiger partial charge on any atom is -0.379 e. The van der Waals surface area contributed by atoms with E-state index in [0.29, 0.717) is 6.10 Å². The predicted octanol–water partition coefficient (Wildman–Crippen LogP) is 1.57. The number of piperidine rings is 1. The molecule has 1 aromatic rings. The topological polar surface area (TPSA) is 42.8 Å². The van der Waals surface area contributed by atoms with E-state index in [-0.39, 0.29) is 5.60 Å². The van der Waals surface area contributed by atoms with Crippen molar-refractivity contribution in [3.8, 4) is 0 Å². The van der Waals surface area contributed by atoms with Gasteiger partial charge < -0.3 is 9.47 Å². The average molecular weight is 348 g/mol. The van der Waals surface area contributed by atoms with Gasteiger partial charge in [-0.3, -0.25) is 14.5 Å². The fraction of sp³-hybridized carbons (Fsp3) is 0.842. The van der Waals surface area contributed by atoms with Crippen molar-refractivity contribution in [3.63, 3.8) is 0 Å². The van der Waals surface area contributed by atoms with E-state index in [1.165, 1.54) is 31.2 Å². The first kappa shape index (κ1) is 17.5. The average Bonchev–Trinajstić information content (AvgIpc) is 3.14. The highest BCUT2D eigenvalue weighted by atomic mass is 16.5. The monoisotopic (exact) mass is 348 g/mol. The summed E-state index contributed by atoms with van der Waals surface area (Å²) in [6.07, 6.45) is 7.38. The van der Waals surface area contributed by atoms with Gasteiger partial charge in [-0.15, -0.1) is 0 Å². The molecule has 3 aliphatic heterocycles. The highest BCUT2D eigenvalue weighted by molar-refractivity contribution is 5.15. The van der Waals surface area contributed by atoms with E-state index < -0.39 is 0 Å². The van der Waals surface area contributed by atoms with Gasteiger partial charge in [0.25, 0.3) is 0 Å². The van der Waals surface area contributed by atoms with Crippen LogP contribution in [0.2, 0.25) is 0 Å². The van der Waals surface area contributed by atoms with E-state index in [4.69, 9.17) is 9.47 Å². The molecule has 0 N–H and O–H groups in total. The molecule has 6 heteroatoms. The number of hydrogen-bond acceptors (Lipinski definition) is 5. The van der Waals surface area contributed by atoms with Crippen LogP contribution in [0.5, 0.6) is 0 Å². The van der Waals surface area contributed by atoms with Gasteiger partial charge in [0.15, 0.2) is 0 Å². The third-order valence-electron chi connectivity index (χ3n) is 6.18. The van der Waals surface area contributed by atoms with Gasteiger partial charge in [0.2, 0.25) is 0 Å². The van der Waals surface area contributed by atoms with Gasteiger partial charge in [-0.1, -0.05) is 0 Å². The van der Waals surface area contributed by atoms with Crippen molar-refractivity contribution in [2.24, 2.45) is 7.05 Å². The van der Waals surface area contributed by atoms with E-state index in [9.17, 15) is 0 Å². The van der Waals surface area contributed by atoms with E-state index in [1.807, 2.05) is 11.7 Å². The van der Waals surface area contributed by atoms with Crippen LogP contribution in [-0.2, 0) is 23.1 Å². The second kappa shape index (κ2) is 7.35. The van der Waals surface area contributed by atoms with Gasteiger partial charge in [-0.25, -0.2) is 0 Å². The van der Waals surface area contributed by atoms with Gasteiger partial charge in [-0.05, 0) is 32.6 Å². The molecule has 0 saturated carbocycles. The maximum atomic E-state index is 6.59. The molecule has 0 bridgehead atoms. The zero-order valence-electron chi connectivity index (χ0n) is 15.7. The van der Waals surface area contributed by atoms with Crippen molar-refractivity contribution in [1.82, 2.24) is 19.6 Å². The Morgan fingerprint density at radius 1 is 1.12 bits per heavy atom. The molecule has 25 heavy (non-hydrogen) atoms. The van der Waals surface area contributed by atoms with Crippen molar-refractivity contribution in [1.29, 1.82) is 0 Å². The quantitative estimate of drug-likeness (QED) is 0.826. The summed E-state index contributed by atoms with van der Waals surface area (Å²) in [6.45, 7) is 10.4. The third kappa shape index (κ3) is 4.08. The highest BCUT2D eigenvalue weighted by Crippen LogP contribution is 2.39. The number of rotatable bonds is 4. The predicted molar refractivity (Wildman–Crippen MR) is 96.6 cm³/mol. The normalized spacial score (nSPS) is 28.0. The van der Waals surface area contributed by atoms with Crippen molar-refractivity contribution in [2.45, 2.75) is 50.9 Å². The molecule has 4 heterocycles. The lowest BCUT2D eigenvalue weighted by Crippen LogP contribution is -2.45. The van der Waals surface area contributed by atoms with Crippen LogP contribution in [0, 0.1) is 6.92 Å². The van der Waals surface area contributed by atoms with Crippen LogP contribution < -0.4 is 0 Å². The molecular formula is C19H32N4O2. The molecule has 3 saturated heterocycles. The van der Waals surface area contributed by atoms with Crippen molar-refractivity contribution < 1.29 is 9.47 Å². The summed E-state index contributed by atoms with van der Waals surface area (Å²) in [6, 6.07) is 0. The number of aryl methyl sites for hydroxylation is 2. The Hall–Kier alpha value is -0.950. The summed E-state index contributed by atoms with van der Waals surface area (Å²) < 4.78 is 14.0. The highest BCUT2D eigenvalue weighted by Gasteiger charge is 2.42. The molecule has 0 aromatic carbocycles. The maximum Gasteiger partial charge on any atom is 0.0712 e. The number of likely N-dealkylation sites (tertiary alicyclic amines) is 1. The fourth-order valence-corrected chi connectivity index (χ4v) is 4.63. The Morgan fingerprint density at radius 2 is 1.88 bits per heavy atom. The molecule has 0 aliphatic carbocycles. The van der Waals surface area contributed by atoms with E-state index in [2.05, 4.69) is 28.0 Å². The van der Waals surface area contributed by atoms with E-state index >= 15 is 0 Å². The lowest BCUT2D eigenvalue weighted by Gasteiger charge is -2.39. The summed E-state index contributed by atoms with van der Waals surface area (Å²) in [5.41, 5.74) is 2.67. The molecule has 1 spiro atoms.